The van der Waals surface area contributed by atoms with Crippen LogP contribution in [0.5, 0.6) is 0 Å². The van der Waals surface area contributed by atoms with Crippen molar-refractivity contribution < 1.29 is 4.79 Å². The monoisotopic (exact) mass is 441 g/mol. The molecule has 1 aromatic heterocycles. The summed E-state index contributed by atoms with van der Waals surface area (Å²) in [6.07, 6.45) is 5.98. The summed E-state index contributed by atoms with van der Waals surface area (Å²) in [5.41, 5.74) is 4.57. The lowest BCUT2D eigenvalue weighted by molar-refractivity contribution is -0.114. The minimum atomic E-state index is -0.257. The maximum absolute atomic E-state index is 13.2. The van der Waals surface area contributed by atoms with Gasteiger partial charge in [0.25, 0.3) is 5.91 Å². The molecule has 0 radical (unpaired) electrons. The first kappa shape index (κ1) is 21.3. The van der Waals surface area contributed by atoms with E-state index >= 15 is 0 Å². The van der Waals surface area contributed by atoms with Crippen molar-refractivity contribution in [2.45, 2.75) is 12.6 Å². The zero-order valence-electron chi connectivity index (χ0n) is 17.3. The van der Waals surface area contributed by atoms with Gasteiger partial charge in [0.15, 0.2) is 0 Å². The normalized spacial score (nSPS) is 15.1. The van der Waals surface area contributed by atoms with Gasteiger partial charge in [-0.2, -0.15) is 0 Å². The van der Waals surface area contributed by atoms with Crippen LogP contribution in [0.3, 0.4) is 0 Å². The van der Waals surface area contributed by atoms with Crippen LogP contribution in [0.25, 0.3) is 5.57 Å². The highest BCUT2D eigenvalue weighted by Gasteiger charge is 2.24. The maximum Gasteiger partial charge on any atom is 0.256 e. The van der Waals surface area contributed by atoms with Crippen molar-refractivity contribution >= 4 is 40.9 Å². The van der Waals surface area contributed by atoms with Crippen molar-refractivity contribution in [1.82, 2.24) is 10.6 Å². The van der Waals surface area contributed by atoms with E-state index in [1.54, 1.807) is 17.5 Å². The number of benzene rings is 2. The summed E-state index contributed by atoms with van der Waals surface area (Å²) in [4.78, 5) is 14.3. The van der Waals surface area contributed by atoms with Crippen LogP contribution in [-0.2, 0) is 11.3 Å². The van der Waals surface area contributed by atoms with Gasteiger partial charge in [-0.1, -0.05) is 48.5 Å². The molecule has 1 aliphatic rings. The van der Waals surface area contributed by atoms with Gasteiger partial charge in [-0.25, -0.2) is 0 Å². The second-order valence-electron chi connectivity index (χ2n) is 7.23. The number of carbonyl (C=O) groups is 1. The van der Waals surface area contributed by atoms with Crippen LogP contribution in [0.4, 0.5) is 5.69 Å². The third kappa shape index (κ3) is 4.84. The molecule has 160 valence electrons. The fraction of sp³-hybridized carbons (Fsp3) is 0.0800. The molecule has 0 saturated carbocycles. The maximum atomic E-state index is 13.2. The molecule has 2 heterocycles. The second kappa shape index (κ2) is 9.89. The lowest BCUT2D eigenvalue weighted by atomic mass is 9.95. The summed E-state index contributed by atoms with van der Waals surface area (Å²) in [7, 11) is 0. The van der Waals surface area contributed by atoms with E-state index in [1.807, 2.05) is 72.1 Å². The standard InChI is InChI=1S/C25H23N5OS/c26-13-17-7-9-18(10-8-17)15-28-16-19(14-27)29-25(31)21-12-23(24-6-3-11-32-24)30-22-5-2-1-4-20(21)22/h1-14,16,23,26-28,30H,15H2,(H,29,31)/b19-16+,26-13?,27-14?. The van der Waals surface area contributed by atoms with Crippen LogP contribution in [0, 0.1) is 10.8 Å². The Labute approximate surface area is 190 Å². The van der Waals surface area contributed by atoms with Gasteiger partial charge in [-0.05, 0) is 34.7 Å². The zero-order valence-corrected chi connectivity index (χ0v) is 18.1. The number of allylic oxidation sites excluding steroid dienone is 1. The molecular weight excluding hydrogens is 418 g/mol. The third-order valence-electron chi connectivity index (χ3n) is 5.08. The van der Waals surface area contributed by atoms with E-state index in [0.29, 0.717) is 17.8 Å². The van der Waals surface area contributed by atoms with Crippen LogP contribution in [0.2, 0.25) is 0 Å². The fourth-order valence-electron chi connectivity index (χ4n) is 3.45. The molecule has 1 unspecified atom stereocenters. The summed E-state index contributed by atoms with van der Waals surface area (Å²) >= 11 is 1.64. The quantitative estimate of drug-likeness (QED) is 0.328. The molecule has 0 saturated heterocycles. The molecule has 5 N–H and O–H groups in total. The van der Waals surface area contributed by atoms with E-state index in [9.17, 15) is 4.79 Å². The van der Waals surface area contributed by atoms with Crippen LogP contribution in [0.15, 0.2) is 84.0 Å². The lowest BCUT2D eigenvalue weighted by Gasteiger charge is -2.25. The van der Waals surface area contributed by atoms with E-state index in [2.05, 4.69) is 16.0 Å². The van der Waals surface area contributed by atoms with Crippen molar-refractivity contribution in [3.63, 3.8) is 0 Å². The Morgan fingerprint density at radius 2 is 1.88 bits per heavy atom. The van der Waals surface area contributed by atoms with Crippen LogP contribution in [0.1, 0.15) is 27.6 Å². The largest absolute Gasteiger partial charge is 0.385 e. The molecule has 0 spiro atoms. The van der Waals surface area contributed by atoms with Crippen molar-refractivity contribution in [3.8, 4) is 0 Å². The predicted molar refractivity (Wildman–Crippen MR) is 131 cm³/mol. The number of hydrogen-bond donors (Lipinski definition) is 5. The van der Waals surface area contributed by atoms with Gasteiger partial charge in [0.2, 0.25) is 0 Å². The van der Waals surface area contributed by atoms with E-state index in [0.717, 1.165) is 33.5 Å². The number of rotatable bonds is 8. The van der Waals surface area contributed by atoms with E-state index in [-0.39, 0.29) is 11.9 Å². The van der Waals surface area contributed by atoms with Crippen molar-refractivity contribution in [3.05, 3.63) is 106 Å². The van der Waals surface area contributed by atoms with Crippen LogP contribution in [-0.4, -0.2) is 18.3 Å². The summed E-state index contributed by atoms with van der Waals surface area (Å²) in [5, 5.41) is 26.4. The fourth-order valence-corrected chi connectivity index (χ4v) is 4.20. The number of nitrogens with one attached hydrogen (secondary N) is 5. The van der Waals surface area contributed by atoms with Crippen LogP contribution >= 0.6 is 11.3 Å². The molecule has 0 fully saturated rings. The van der Waals surface area contributed by atoms with Gasteiger partial charge in [-0.15, -0.1) is 11.3 Å². The average Bonchev–Trinajstić information content (AvgIpc) is 3.38. The molecule has 0 aliphatic carbocycles. The number of fused-ring (bicyclic) bond motifs is 1. The Balaban J connectivity index is 1.49. The first-order valence-electron chi connectivity index (χ1n) is 10.1. The topological polar surface area (TPSA) is 101 Å². The Kier molecular flexibility index (Phi) is 6.57. The first-order chi connectivity index (χ1) is 15.7. The van der Waals surface area contributed by atoms with Crippen molar-refractivity contribution in [1.29, 1.82) is 10.8 Å². The van der Waals surface area contributed by atoms with Gasteiger partial charge >= 0.3 is 0 Å². The van der Waals surface area contributed by atoms with Gasteiger partial charge in [0.1, 0.15) is 0 Å². The Morgan fingerprint density at radius 1 is 1.06 bits per heavy atom. The molecule has 0 bridgehead atoms. The molecular formula is C25H23N5OS. The highest BCUT2D eigenvalue weighted by atomic mass is 32.1. The Hall–Kier alpha value is -3.97. The number of hydrogen-bond acceptors (Lipinski definition) is 6. The molecule has 1 amide bonds. The molecule has 7 heteroatoms. The van der Waals surface area contributed by atoms with E-state index < -0.39 is 0 Å². The first-order valence-corrected chi connectivity index (χ1v) is 11.0. The third-order valence-corrected chi connectivity index (χ3v) is 6.03. The van der Waals surface area contributed by atoms with Gasteiger partial charge in [0.05, 0.1) is 11.7 Å². The van der Waals surface area contributed by atoms with Crippen molar-refractivity contribution in [2.24, 2.45) is 0 Å². The van der Waals surface area contributed by atoms with Gasteiger partial charge in [0, 0.05) is 46.9 Å². The number of anilines is 1. The summed E-state index contributed by atoms with van der Waals surface area (Å²) < 4.78 is 0. The minimum Gasteiger partial charge on any atom is -0.385 e. The Morgan fingerprint density at radius 3 is 2.59 bits per heavy atom. The molecule has 1 aliphatic heterocycles. The SMILES string of the molecule is N=C/C(=C\NCc1ccc(C=N)cc1)NC(=O)C1=CC(c2cccs2)Nc2ccccc21. The second-order valence-corrected chi connectivity index (χ2v) is 8.21. The van der Waals surface area contributed by atoms with Gasteiger partial charge < -0.3 is 26.8 Å². The predicted octanol–water partition coefficient (Wildman–Crippen LogP) is 4.69. The average molecular weight is 442 g/mol. The number of para-hydroxylation sites is 1. The lowest BCUT2D eigenvalue weighted by Crippen LogP contribution is -2.28. The zero-order chi connectivity index (χ0) is 22.3. The highest BCUT2D eigenvalue weighted by Crippen LogP contribution is 2.36. The smallest absolute Gasteiger partial charge is 0.256 e. The minimum absolute atomic E-state index is 0.0832. The number of amides is 1. The summed E-state index contributed by atoms with van der Waals surface area (Å²) in [6, 6.07) is 19.3. The summed E-state index contributed by atoms with van der Waals surface area (Å²) in [5.74, 6) is -0.257. The molecule has 3 aromatic rings. The molecule has 1 atom stereocenters. The number of carbonyl (C=O) groups excluding carboxylic acids is 1. The molecule has 32 heavy (non-hydrogen) atoms. The number of thiophene rings is 1. The van der Waals surface area contributed by atoms with Crippen molar-refractivity contribution in [2.75, 3.05) is 5.32 Å². The molecule has 6 nitrogen and oxygen atoms in total. The van der Waals surface area contributed by atoms with E-state index in [4.69, 9.17) is 10.8 Å². The molecule has 4 rings (SSSR count). The van der Waals surface area contributed by atoms with Crippen LogP contribution < -0.4 is 16.0 Å². The van der Waals surface area contributed by atoms with Gasteiger partial charge in [-0.3, -0.25) is 4.79 Å². The highest BCUT2D eigenvalue weighted by molar-refractivity contribution is 7.10. The summed E-state index contributed by atoms with van der Waals surface area (Å²) in [6.45, 7) is 0.543. The Bertz CT molecular complexity index is 1180. The molecule has 2 aromatic carbocycles. The van der Waals surface area contributed by atoms with E-state index in [1.165, 1.54) is 6.21 Å².